The lowest BCUT2D eigenvalue weighted by atomic mass is 9.98. The van der Waals surface area contributed by atoms with Crippen molar-refractivity contribution in [1.82, 2.24) is 104 Å². The molecule has 45 heteroatoms. The van der Waals surface area contributed by atoms with Gasteiger partial charge in [-0.05, 0) is 96.3 Å². The van der Waals surface area contributed by atoms with Gasteiger partial charge in [-0.1, -0.05) is 80.1 Å². The molecule has 0 aliphatic heterocycles. The second-order valence-corrected chi connectivity index (χ2v) is 35.6. The molecule has 0 aromatic carbocycles. The van der Waals surface area contributed by atoms with Gasteiger partial charge in [0, 0.05) is 185 Å². The molecular weight excluding hydrogens is 1860 g/mol. The number of amides is 16. The lowest BCUT2D eigenvalue weighted by Crippen LogP contribution is -2.53. The molecule has 0 saturated heterocycles. The van der Waals surface area contributed by atoms with Crippen LogP contribution in [0.2, 0.25) is 0 Å². The third-order valence-electron chi connectivity index (χ3n) is 22.9. The van der Waals surface area contributed by atoms with E-state index in [1.807, 2.05) is 6.92 Å². The van der Waals surface area contributed by atoms with Crippen molar-refractivity contribution < 1.29 is 120 Å². The summed E-state index contributed by atoms with van der Waals surface area (Å²) in [6.07, 6.45) is 15.1. The van der Waals surface area contributed by atoms with Crippen LogP contribution in [0.5, 0.6) is 0 Å². The van der Waals surface area contributed by atoms with E-state index in [2.05, 4.69) is 74.4 Å². The summed E-state index contributed by atoms with van der Waals surface area (Å²) in [5, 5.41) is 36.2. The van der Waals surface area contributed by atoms with E-state index in [0.29, 0.717) is 116 Å². The van der Waals surface area contributed by atoms with Crippen molar-refractivity contribution >= 4 is 147 Å². The van der Waals surface area contributed by atoms with E-state index >= 15 is 0 Å². The molecule has 0 rings (SSSR count). The summed E-state index contributed by atoms with van der Waals surface area (Å²) in [6, 6.07) is -3.72. The molecule has 2 unspecified atom stereocenters. The highest BCUT2D eigenvalue weighted by Crippen LogP contribution is 2.17. The lowest BCUT2D eigenvalue weighted by molar-refractivity contribution is -0.134. The first kappa shape index (κ1) is 133. The SMILES string of the molecule is CCC(=O)CCCCCNC(=O)CN(CC(=O)NCCCCCNC(=O)CN(CC(=O)CCCCCCCC(=O)[C@H](CCC(=O)CC)NC(=O)CC)CC(=O)CCCCCCC(=O)NC)CC(=O)NCCCC[C@H](C(=O)CC)N(CC(=O)CC)CC(=O)NC.CCC(=O)CNC(=O)CN(CC(=O)NCNC(=O)C(CCC(=O)NC)NC(C)=O)CC(=O)NC(CCC(=O)CCC(=O)N(C)C)C(=O)NCC(=O)N(C)C. The molecule has 0 radical (unpaired) electrons. The van der Waals surface area contributed by atoms with Gasteiger partial charge in [0.25, 0.3) is 0 Å². The van der Waals surface area contributed by atoms with E-state index in [9.17, 15) is 120 Å². The molecule has 16 amide bonds. The van der Waals surface area contributed by atoms with Crippen LogP contribution in [0.15, 0.2) is 0 Å². The number of nitrogens with one attached hydrogen (secondary N) is 14. The van der Waals surface area contributed by atoms with Gasteiger partial charge < -0.3 is 84.2 Å². The Morgan fingerprint density at radius 2 is 0.615 bits per heavy atom. The number of ketones is 9. The zero-order valence-corrected chi connectivity index (χ0v) is 87.6. The number of likely N-dealkylation sites (N-methyl/N-ethyl adjacent to an activating group) is 2. The Bertz CT molecular complexity index is 4020. The molecule has 0 heterocycles. The van der Waals surface area contributed by atoms with Gasteiger partial charge in [-0.15, -0.1) is 0 Å². The van der Waals surface area contributed by atoms with E-state index in [1.165, 1.54) is 49.8 Å². The Morgan fingerprint density at radius 1 is 0.238 bits per heavy atom. The Hall–Kier alpha value is -11.6. The second kappa shape index (κ2) is 82.8. The normalized spacial score (nSPS) is 11.7. The van der Waals surface area contributed by atoms with E-state index in [0.717, 1.165) is 49.8 Å². The van der Waals surface area contributed by atoms with Crippen LogP contribution in [-0.2, 0) is 120 Å². The summed E-state index contributed by atoms with van der Waals surface area (Å²) in [7, 11) is 10.5. The molecule has 0 aliphatic carbocycles. The van der Waals surface area contributed by atoms with E-state index in [1.54, 1.807) is 65.6 Å². The first-order chi connectivity index (χ1) is 67.9. The van der Waals surface area contributed by atoms with Crippen molar-refractivity contribution in [3.05, 3.63) is 0 Å². The number of carbonyl (C=O) groups is 25. The fourth-order valence-electron chi connectivity index (χ4n) is 14.1. The average molecular weight is 2030 g/mol. The van der Waals surface area contributed by atoms with Crippen molar-refractivity contribution in [3.8, 4) is 0 Å². The second-order valence-electron chi connectivity index (χ2n) is 35.6. The highest BCUT2D eigenvalue weighted by Gasteiger charge is 2.31. The molecule has 0 saturated carbocycles. The molecule has 0 fully saturated rings. The molecular formula is C98H170N20O25. The Labute approximate surface area is 843 Å². The summed E-state index contributed by atoms with van der Waals surface area (Å²) >= 11 is 0. The highest BCUT2D eigenvalue weighted by molar-refractivity contribution is 5.95. The maximum Gasteiger partial charge on any atom is 0.243 e. The fraction of sp³-hybridized carbons (Fsp3) is 0.745. The Kier molecular flexibility index (Phi) is 77.2. The zero-order chi connectivity index (χ0) is 108. The standard InChI is InChI=1S/C65H114N10O14.C33H56N10O11/c1-8-50(76)30-22-18-26-38-68-63(87)46-74(48-65(89)71-41-29-25-33-56(57(81)11-4)75(44-52(78)10-3)49-61(85)67-7)47-64(88)70-40-28-19-27-39-69-62(86)45-73(43-54(80)32-21-16-17-24-35-60(84)66-6)42-53(79)31-20-14-13-15-23-34-58(82)55(72-59(83)12-5)37-36-51(77)9-2;1-8-22(45)15-35-27(48)17-43(18-28(49)37-20-38-33(54)24(39-21(2)44)12-13-26(47)34-3)19-29(50)40-25(32(53)36-16-31(52)42(6)7)11-9-23(46)10-14-30(51)41(4)5/h55-56H,8-49H2,1-7H3,(H,66,84)(H,67,85)(H,68,87)(H,69,86)(H,70,88)(H,71,89)(H,72,83);24-25H,8-20H2,1-7H3,(H,34,47)(H,35,48)(H,36,53)(H,37,49)(H,38,54)(H,39,44)(H,40,50)/t55-,56+;/m0./s1. The van der Waals surface area contributed by atoms with Gasteiger partial charge in [0.15, 0.2) is 11.6 Å². The van der Waals surface area contributed by atoms with Crippen LogP contribution in [0, 0.1) is 0 Å². The van der Waals surface area contributed by atoms with Crippen molar-refractivity contribution in [2.75, 3.05) is 167 Å². The summed E-state index contributed by atoms with van der Waals surface area (Å²) in [6.45, 7) is 8.79. The molecule has 4 atom stereocenters. The fourth-order valence-corrected chi connectivity index (χ4v) is 14.1. The van der Waals surface area contributed by atoms with E-state index < -0.39 is 110 Å². The number of unbranched alkanes of at least 4 members (excludes halogenated alkanes) is 12. The van der Waals surface area contributed by atoms with Crippen LogP contribution in [-0.4, -0.2) is 367 Å². The number of nitrogens with zero attached hydrogens (tertiary/aromatic N) is 6. The van der Waals surface area contributed by atoms with Gasteiger partial charge >= 0.3 is 0 Å². The van der Waals surface area contributed by atoms with Crippen LogP contribution >= 0.6 is 0 Å². The summed E-state index contributed by atoms with van der Waals surface area (Å²) in [4.78, 5) is 321. The van der Waals surface area contributed by atoms with Crippen LogP contribution in [0.25, 0.3) is 0 Å². The van der Waals surface area contributed by atoms with Gasteiger partial charge in [-0.2, -0.15) is 0 Å². The van der Waals surface area contributed by atoms with Crippen LogP contribution in [0.3, 0.4) is 0 Å². The molecule has 0 aliphatic rings. The average Bonchev–Trinajstić information content (AvgIpc) is 0.877. The number of Topliss-reactive ketones (excluding diaryl/α,β-unsaturated/α-hetero) is 9. The van der Waals surface area contributed by atoms with Gasteiger partial charge in [0.2, 0.25) is 94.5 Å². The molecule has 143 heavy (non-hydrogen) atoms. The number of hydrogen-bond donors (Lipinski definition) is 14. The molecule has 45 nitrogen and oxygen atoms in total. The smallest absolute Gasteiger partial charge is 0.243 e. The molecule has 812 valence electrons. The minimum absolute atomic E-state index is 0.0210. The van der Waals surface area contributed by atoms with Gasteiger partial charge in [0.05, 0.1) is 104 Å². The number of carbonyl (C=O) groups excluding carboxylic acids is 25. The van der Waals surface area contributed by atoms with Crippen LogP contribution in [0.1, 0.15) is 286 Å². The third-order valence-corrected chi connectivity index (χ3v) is 22.9. The first-order valence-electron chi connectivity index (χ1n) is 50.6. The number of rotatable bonds is 86. The highest BCUT2D eigenvalue weighted by atomic mass is 16.2. The van der Waals surface area contributed by atoms with Gasteiger partial charge in [-0.3, -0.25) is 139 Å². The van der Waals surface area contributed by atoms with E-state index in [-0.39, 0.29) is 255 Å². The first-order valence-corrected chi connectivity index (χ1v) is 50.6. The molecule has 0 spiro atoms. The van der Waals surface area contributed by atoms with Crippen molar-refractivity contribution in [2.45, 2.75) is 310 Å². The quantitative estimate of drug-likeness (QED) is 0.0281. The monoisotopic (exact) mass is 2030 g/mol. The van der Waals surface area contributed by atoms with Gasteiger partial charge in [-0.25, -0.2) is 0 Å². The molecule has 0 bridgehead atoms. The minimum Gasteiger partial charge on any atom is -0.359 e. The predicted molar refractivity (Wildman–Crippen MR) is 535 cm³/mol. The zero-order valence-electron chi connectivity index (χ0n) is 87.6. The summed E-state index contributed by atoms with van der Waals surface area (Å²) in [5.41, 5.74) is 0. The Morgan fingerprint density at radius 3 is 1.08 bits per heavy atom. The van der Waals surface area contributed by atoms with Crippen molar-refractivity contribution in [2.24, 2.45) is 0 Å². The number of hydrogen-bond acceptors (Lipinski definition) is 29. The lowest BCUT2D eigenvalue weighted by Gasteiger charge is -2.29. The Balaban J connectivity index is 0. The van der Waals surface area contributed by atoms with Crippen LogP contribution in [0.4, 0.5) is 0 Å². The minimum atomic E-state index is -1.32. The maximum atomic E-state index is 13.2. The van der Waals surface area contributed by atoms with Crippen LogP contribution < -0.4 is 74.4 Å². The summed E-state index contributed by atoms with van der Waals surface area (Å²) < 4.78 is 0. The summed E-state index contributed by atoms with van der Waals surface area (Å²) in [5.74, 6) is -8.30. The predicted octanol–water partition coefficient (Wildman–Crippen LogP) is 0.000200. The molecule has 0 aromatic heterocycles. The van der Waals surface area contributed by atoms with Crippen molar-refractivity contribution in [1.29, 1.82) is 0 Å². The van der Waals surface area contributed by atoms with Gasteiger partial charge in [0.1, 0.15) is 52.6 Å². The topological polar surface area (TPSA) is 615 Å². The van der Waals surface area contributed by atoms with E-state index in [4.69, 9.17) is 0 Å². The third kappa shape index (κ3) is 72.3. The maximum absolute atomic E-state index is 13.2. The van der Waals surface area contributed by atoms with Crippen molar-refractivity contribution in [3.63, 3.8) is 0 Å². The molecule has 0 aromatic rings. The molecule has 14 N–H and O–H groups in total. The largest absolute Gasteiger partial charge is 0.359 e.